The largest absolute Gasteiger partial charge is 0.496 e. The van der Waals surface area contributed by atoms with Crippen LogP contribution in [0.5, 0.6) is 5.75 Å². The van der Waals surface area contributed by atoms with Crippen molar-refractivity contribution in [2.24, 2.45) is 23.0 Å². The van der Waals surface area contributed by atoms with E-state index in [4.69, 9.17) is 24.7 Å². The second-order valence-corrected chi connectivity index (χ2v) is 33.2. The first-order valence-electron chi connectivity index (χ1n) is 40.7. The highest BCUT2D eigenvalue weighted by Crippen LogP contribution is 2.68. The van der Waals surface area contributed by atoms with Crippen LogP contribution in [-0.2, 0) is 89.0 Å². The highest BCUT2D eigenvalue weighted by Gasteiger charge is 2.81. The molecule has 16 N–H and O–H groups in total. The van der Waals surface area contributed by atoms with Crippen molar-refractivity contribution in [3.05, 3.63) is 70.9 Å². The molecule has 19 atom stereocenters. The number of H-pyrrole nitrogens is 1. The van der Waals surface area contributed by atoms with Crippen molar-refractivity contribution in [2.75, 3.05) is 106 Å². The number of aromatic amines is 1. The molecule has 12 rings (SSSR count). The van der Waals surface area contributed by atoms with Crippen LogP contribution in [0.15, 0.2) is 48.6 Å². The first-order chi connectivity index (χ1) is 55.8. The van der Waals surface area contributed by atoms with Crippen molar-refractivity contribution in [2.45, 2.75) is 218 Å². The van der Waals surface area contributed by atoms with E-state index >= 15 is 14.4 Å². The zero-order chi connectivity index (χ0) is 84.5. The Morgan fingerprint density at radius 1 is 0.684 bits per heavy atom. The lowest BCUT2D eigenvalue weighted by Gasteiger charge is -2.63. The van der Waals surface area contributed by atoms with Crippen molar-refractivity contribution in [1.82, 2.24) is 56.5 Å². The fraction of sp³-hybridized carbons (Fsp3) is 0.654. The van der Waals surface area contributed by atoms with Gasteiger partial charge in [0.2, 0.25) is 58.8 Å². The maximum atomic E-state index is 15.8. The van der Waals surface area contributed by atoms with Gasteiger partial charge in [-0.25, -0.2) is 9.59 Å². The van der Waals surface area contributed by atoms with Gasteiger partial charge in [0.25, 0.3) is 0 Å². The molecule has 2 aliphatic carbocycles. The molecule has 7 unspecified atom stereocenters. The number of aliphatic hydroxyl groups is 7. The number of methoxy groups -OCH3 is 3. The van der Waals surface area contributed by atoms with Crippen molar-refractivity contribution in [3.8, 4) is 5.75 Å². The van der Waals surface area contributed by atoms with Gasteiger partial charge in [0.05, 0.1) is 65.5 Å². The van der Waals surface area contributed by atoms with Gasteiger partial charge in [0, 0.05) is 117 Å². The summed E-state index contributed by atoms with van der Waals surface area (Å²) in [5.74, 6) is -12.4. The lowest BCUT2D eigenvalue weighted by molar-refractivity contribution is -0.231. The Hall–Kier alpha value is -9.40. The molecule has 0 radical (unpaired) electrons. The summed E-state index contributed by atoms with van der Waals surface area (Å²) in [6.45, 7) is 2.84. The van der Waals surface area contributed by atoms with Crippen LogP contribution in [0.25, 0.3) is 10.9 Å². The van der Waals surface area contributed by atoms with E-state index in [2.05, 4.69) is 46.7 Å². The first-order valence-corrected chi connectivity index (χ1v) is 40.7. The molecule has 4 saturated heterocycles. The van der Waals surface area contributed by atoms with Crippen LogP contribution in [-0.4, -0.2) is 316 Å². The van der Waals surface area contributed by atoms with Gasteiger partial charge in [0.1, 0.15) is 59.5 Å². The Kier molecular flexibility index (Phi) is 26.2. The number of para-hydroxylation sites is 1. The van der Waals surface area contributed by atoms with Gasteiger partial charge in [0.15, 0.2) is 6.10 Å². The molecule has 8 heterocycles. The zero-order valence-corrected chi connectivity index (χ0v) is 67.3. The standard InChI is InChI=1S/C81H113N13O23/c1-8-77(112)34-44-35-80(75(110)115-6,63-48(24-29-91(36-44)42-77)47-19-13-14-20-51(47)83-63)50-32-49-58(33-60(50)114-5)90(4)73-79(49)26-30-92-27-16-25-78(9-2,72(79)92)74(81(73,113)76(111)116-7)117-71(109)57-21-15-28-93(57)70(108)56(41-98)88-66(104)53(38-95)85-64(102)52(22-23-61(82)101)84-69(107)62(45-17-11-10-12-18-45)89-67(105)55(40-97)86-65(103)54(39-96)87-68(106)59-31-46(100)37-94(59)43(3)99/h13-14,16,19-20,25,32-33,44-46,52-57,59,62,72-74,83,95-98,100,112-113H,8-12,15,17-18,21-24,26-31,34-42H2,1-7H3,(H2,82,101)(H,84,107)(H,85,102)(H,86,103)(H,87,106)(H,88,104)(H,89,105)/t44-,46?,52+,53-,54-,55-,56?,57-,59+,62?,72?,73?,74+,77-,78+,79?,80-,81-/m0/s1. The molecule has 1 spiro atoms. The third kappa shape index (κ3) is 15.8. The van der Waals surface area contributed by atoms with Crippen LogP contribution in [0.2, 0.25) is 0 Å². The van der Waals surface area contributed by atoms with E-state index in [1.54, 1.807) is 11.9 Å². The second kappa shape index (κ2) is 35.3. The normalized spacial score (nSPS) is 30.0. The molecule has 9 aliphatic rings. The number of fused-ring (bicyclic) bond motifs is 6. The number of primary amides is 1. The third-order valence-electron chi connectivity index (χ3n) is 26.6. The molecule has 9 amide bonds. The predicted octanol–water partition coefficient (Wildman–Crippen LogP) is -3.33. The molecule has 2 bridgehead atoms. The number of hydrogen-bond donors (Lipinski definition) is 15. The number of piperidine rings is 1. The average molecular weight is 1640 g/mol. The van der Waals surface area contributed by atoms with Gasteiger partial charge in [-0.3, -0.25) is 57.7 Å². The number of nitrogens with zero attached hydrogens (tertiary/aromatic N) is 5. The first kappa shape index (κ1) is 86.9. The average Bonchev–Trinajstić information content (AvgIpc) is 1.51. The van der Waals surface area contributed by atoms with E-state index in [-0.39, 0.29) is 51.1 Å². The maximum absolute atomic E-state index is 15.8. The molecular formula is C81H113N13O23. The SMILES string of the molecule is CC[C@]1(O)C[C@@H]2CN(CCc3c([nH]c4ccccc34)[C@@](C(=O)OC)(c3cc4c(cc3OC)N(C)C3C45CCN4CC=C[C@](CC)(C45)[C@@H](OC(=O)[C@@H]4CCCN4C(=O)C(CO)NC(=O)[C@H](CO)NC(=O)[C@@H](CCC(N)=O)NC(=O)C(NC(=O)[C@H](CO)NC(=O)[C@H](CO)NC(=O)[C@H]4CC(O)CN4C(C)=O)C4CCCCC4)[C@]3(O)C(=O)OC)C2)C1. The van der Waals surface area contributed by atoms with Crippen molar-refractivity contribution in [1.29, 1.82) is 0 Å². The van der Waals surface area contributed by atoms with E-state index in [0.29, 0.717) is 112 Å². The Labute approximate surface area is 676 Å². The second-order valence-electron chi connectivity index (χ2n) is 33.2. The summed E-state index contributed by atoms with van der Waals surface area (Å²) in [7, 11) is 5.72. The molecule has 117 heavy (non-hydrogen) atoms. The molecule has 2 aromatic carbocycles. The zero-order valence-electron chi connectivity index (χ0n) is 67.3. The van der Waals surface area contributed by atoms with E-state index in [1.807, 2.05) is 62.4 Å². The number of aromatic nitrogens is 1. The molecule has 1 aromatic heterocycles. The summed E-state index contributed by atoms with van der Waals surface area (Å²) in [5, 5.41) is 94.1. The number of amides is 9. The minimum atomic E-state index is -2.74. The number of benzene rings is 2. The van der Waals surface area contributed by atoms with Gasteiger partial charge >= 0.3 is 17.9 Å². The number of hydrogen-bond acceptors (Lipinski definition) is 26. The summed E-state index contributed by atoms with van der Waals surface area (Å²) in [6.07, 6.45) is 4.66. The van der Waals surface area contributed by atoms with Crippen molar-refractivity contribution in [3.63, 3.8) is 0 Å². The van der Waals surface area contributed by atoms with E-state index in [0.717, 1.165) is 39.8 Å². The minimum absolute atomic E-state index is 0.0379. The molecular weight excluding hydrogens is 1520 g/mol. The molecule has 2 saturated carbocycles. The number of carbonyl (C=O) groups is 12. The number of carbonyl (C=O) groups excluding carboxylic acids is 12. The number of anilines is 1. The Bertz CT molecular complexity index is 4350. The number of nitrogens with two attached hydrogens (primary N) is 1. The van der Waals surface area contributed by atoms with Crippen molar-refractivity contribution < 1.29 is 112 Å². The lowest BCUT2D eigenvalue weighted by atomic mass is 9.47. The molecule has 36 heteroatoms. The van der Waals surface area contributed by atoms with Gasteiger partial charge in [-0.2, -0.15) is 0 Å². The molecule has 36 nitrogen and oxygen atoms in total. The number of likely N-dealkylation sites (N-methyl/N-ethyl adjacent to an activating group) is 1. The van der Waals surface area contributed by atoms with Gasteiger partial charge in [-0.15, -0.1) is 0 Å². The van der Waals surface area contributed by atoms with Crippen LogP contribution < -0.4 is 47.3 Å². The third-order valence-corrected chi connectivity index (χ3v) is 26.6. The topological polar surface area (TPSA) is 514 Å². The van der Waals surface area contributed by atoms with Gasteiger partial charge in [-0.1, -0.05) is 63.5 Å². The predicted molar refractivity (Wildman–Crippen MR) is 416 cm³/mol. The van der Waals surface area contributed by atoms with Crippen LogP contribution in [0.4, 0.5) is 5.69 Å². The number of nitrogens with one attached hydrogen (secondary N) is 7. The summed E-state index contributed by atoms with van der Waals surface area (Å²) in [5.41, 5.74) is 1.42. The lowest BCUT2D eigenvalue weighted by Crippen LogP contribution is -2.81. The molecule has 640 valence electrons. The minimum Gasteiger partial charge on any atom is -0.496 e. The smallest absolute Gasteiger partial charge is 0.344 e. The fourth-order valence-electron chi connectivity index (χ4n) is 21.2. The van der Waals surface area contributed by atoms with Gasteiger partial charge in [-0.05, 0) is 112 Å². The summed E-state index contributed by atoms with van der Waals surface area (Å²) in [4.78, 5) is 182. The van der Waals surface area contributed by atoms with E-state index in [9.17, 15) is 78.9 Å². The van der Waals surface area contributed by atoms with Crippen LogP contribution in [0.3, 0.4) is 0 Å². The Morgan fingerprint density at radius 2 is 1.32 bits per heavy atom. The summed E-state index contributed by atoms with van der Waals surface area (Å²) in [6, 6.07) is -3.51. The molecule has 3 aromatic rings. The van der Waals surface area contributed by atoms with E-state index in [1.165, 1.54) is 21.1 Å². The highest BCUT2D eigenvalue weighted by atomic mass is 16.6. The number of rotatable bonds is 29. The number of likely N-dealkylation sites (tertiary alicyclic amines) is 2. The van der Waals surface area contributed by atoms with Crippen LogP contribution >= 0.6 is 0 Å². The Morgan fingerprint density at radius 3 is 1.96 bits per heavy atom. The molecule has 6 fully saturated rings. The van der Waals surface area contributed by atoms with E-state index < -0.39 is 216 Å². The maximum Gasteiger partial charge on any atom is 0.344 e. The number of aliphatic hydroxyl groups excluding tert-OH is 5. The number of β-amino-alcohol motifs (C(OH)–C–C–N with tert-alkyl or cyclic N) is 1. The monoisotopic (exact) mass is 1640 g/mol. The summed E-state index contributed by atoms with van der Waals surface area (Å²) < 4.78 is 24.9. The molecule has 7 aliphatic heterocycles. The Balaban J connectivity index is 0.784. The number of esters is 3. The fourth-order valence-corrected chi connectivity index (χ4v) is 21.2. The highest BCUT2D eigenvalue weighted by molar-refractivity contribution is 6.00. The van der Waals surface area contributed by atoms with Gasteiger partial charge < -0.3 is 112 Å². The number of ether oxygens (including phenoxy) is 4. The quantitative estimate of drug-likeness (QED) is 0.0184. The van der Waals surface area contributed by atoms with Crippen LogP contribution in [0.1, 0.15) is 139 Å². The van der Waals surface area contributed by atoms with Crippen molar-refractivity contribution >= 4 is 87.7 Å². The van der Waals surface area contributed by atoms with Crippen LogP contribution in [0, 0.1) is 17.3 Å². The summed E-state index contributed by atoms with van der Waals surface area (Å²) >= 11 is 0.